The molecule has 0 spiro atoms. The highest BCUT2D eigenvalue weighted by Crippen LogP contribution is 2.26. The number of nitrogens with zero attached hydrogens (tertiary/aromatic N) is 1. The van der Waals surface area contributed by atoms with Crippen LogP contribution in [0, 0.1) is 0 Å². The zero-order valence-corrected chi connectivity index (χ0v) is 12.9. The number of aliphatic hydroxyl groups is 1. The third-order valence-corrected chi connectivity index (χ3v) is 4.89. The monoisotopic (exact) mass is 301 g/mol. The maximum atomic E-state index is 12.4. The molecule has 1 N–H and O–H groups in total. The molecule has 0 saturated carbocycles. The highest BCUT2D eigenvalue weighted by atomic mass is 32.1. The molecule has 0 fully saturated rings. The Morgan fingerprint density at radius 3 is 2.95 bits per heavy atom. The van der Waals surface area contributed by atoms with E-state index < -0.39 is 6.10 Å². The lowest BCUT2D eigenvalue weighted by Crippen LogP contribution is -2.35. The van der Waals surface area contributed by atoms with Gasteiger partial charge in [-0.2, -0.15) is 0 Å². The molecule has 1 aliphatic rings. The van der Waals surface area contributed by atoms with E-state index in [2.05, 4.69) is 12.1 Å². The van der Waals surface area contributed by atoms with Gasteiger partial charge in [0.25, 0.3) is 5.91 Å². The second kappa shape index (κ2) is 6.00. The SMILES string of the molecule is CCC(O)c1ccc2c(c1)CN(C(=O)c1cccs1)CC2. The Morgan fingerprint density at radius 1 is 1.38 bits per heavy atom. The fourth-order valence-electron chi connectivity index (χ4n) is 2.75. The van der Waals surface area contributed by atoms with Gasteiger partial charge in [-0.25, -0.2) is 0 Å². The summed E-state index contributed by atoms with van der Waals surface area (Å²) in [5, 5.41) is 11.9. The third kappa shape index (κ3) is 2.87. The topological polar surface area (TPSA) is 40.5 Å². The number of hydrogen-bond acceptors (Lipinski definition) is 3. The summed E-state index contributed by atoms with van der Waals surface area (Å²) in [5.41, 5.74) is 3.40. The summed E-state index contributed by atoms with van der Waals surface area (Å²) in [7, 11) is 0. The van der Waals surface area contributed by atoms with E-state index in [1.165, 1.54) is 16.9 Å². The van der Waals surface area contributed by atoms with Gasteiger partial charge in [-0.3, -0.25) is 4.79 Å². The van der Waals surface area contributed by atoms with Gasteiger partial charge in [-0.15, -0.1) is 11.3 Å². The molecule has 2 heterocycles. The molecule has 1 aromatic carbocycles. The van der Waals surface area contributed by atoms with Crippen molar-refractivity contribution in [2.45, 2.75) is 32.4 Å². The van der Waals surface area contributed by atoms with Crippen molar-refractivity contribution in [3.63, 3.8) is 0 Å². The Labute approximate surface area is 128 Å². The van der Waals surface area contributed by atoms with E-state index >= 15 is 0 Å². The van der Waals surface area contributed by atoms with Crippen LogP contribution in [0.5, 0.6) is 0 Å². The predicted molar refractivity (Wildman–Crippen MR) is 84.5 cm³/mol. The van der Waals surface area contributed by atoms with Gasteiger partial charge >= 0.3 is 0 Å². The van der Waals surface area contributed by atoms with Crippen molar-refractivity contribution in [3.05, 3.63) is 57.3 Å². The van der Waals surface area contributed by atoms with Gasteiger partial charge in [-0.05, 0) is 41.0 Å². The summed E-state index contributed by atoms with van der Waals surface area (Å²) in [6.07, 6.45) is 1.17. The number of amides is 1. The Kier molecular flexibility index (Phi) is 4.08. The Bertz CT molecular complexity index is 636. The van der Waals surface area contributed by atoms with Crippen LogP contribution >= 0.6 is 11.3 Å². The molecular formula is C17H19NO2S. The lowest BCUT2D eigenvalue weighted by molar-refractivity contribution is 0.0739. The number of rotatable bonds is 3. The van der Waals surface area contributed by atoms with E-state index in [0.717, 1.165) is 29.0 Å². The fraction of sp³-hybridized carbons (Fsp3) is 0.353. The lowest BCUT2D eigenvalue weighted by Gasteiger charge is -2.29. The molecule has 0 aliphatic carbocycles. The molecular weight excluding hydrogens is 282 g/mol. The van der Waals surface area contributed by atoms with Crippen LogP contribution in [0.4, 0.5) is 0 Å². The van der Waals surface area contributed by atoms with E-state index in [0.29, 0.717) is 13.0 Å². The molecule has 3 nitrogen and oxygen atoms in total. The summed E-state index contributed by atoms with van der Waals surface area (Å²) in [4.78, 5) is 15.1. The van der Waals surface area contributed by atoms with Crippen LogP contribution in [-0.2, 0) is 13.0 Å². The zero-order valence-electron chi connectivity index (χ0n) is 12.1. The van der Waals surface area contributed by atoms with Crippen molar-refractivity contribution in [1.29, 1.82) is 0 Å². The van der Waals surface area contributed by atoms with Crippen LogP contribution < -0.4 is 0 Å². The standard InChI is InChI=1S/C17H19NO2S/c1-2-15(19)13-6-5-12-7-8-18(11-14(12)10-13)17(20)16-4-3-9-21-16/h3-6,9-10,15,19H,2,7-8,11H2,1H3. The summed E-state index contributed by atoms with van der Waals surface area (Å²) >= 11 is 1.49. The second-order valence-corrected chi connectivity index (χ2v) is 6.35. The summed E-state index contributed by atoms with van der Waals surface area (Å²) in [6, 6.07) is 9.93. The molecule has 4 heteroatoms. The normalized spacial score (nSPS) is 15.6. The molecule has 2 aromatic rings. The quantitative estimate of drug-likeness (QED) is 0.944. The molecule has 0 bridgehead atoms. The van der Waals surface area contributed by atoms with E-state index in [1.54, 1.807) is 0 Å². The average molecular weight is 301 g/mol. The number of fused-ring (bicyclic) bond motifs is 1. The first-order valence-electron chi connectivity index (χ1n) is 7.31. The number of aliphatic hydroxyl groups excluding tert-OH is 1. The maximum absolute atomic E-state index is 12.4. The Morgan fingerprint density at radius 2 is 2.24 bits per heavy atom. The molecule has 3 rings (SSSR count). The first kappa shape index (κ1) is 14.3. The smallest absolute Gasteiger partial charge is 0.264 e. The van der Waals surface area contributed by atoms with Crippen LogP contribution in [0.3, 0.4) is 0 Å². The fourth-order valence-corrected chi connectivity index (χ4v) is 3.44. The predicted octanol–water partition coefficient (Wildman–Crippen LogP) is 3.39. The minimum absolute atomic E-state index is 0.108. The molecule has 0 saturated heterocycles. The molecule has 0 radical (unpaired) electrons. The van der Waals surface area contributed by atoms with Crippen LogP contribution in [0.2, 0.25) is 0 Å². The Balaban J connectivity index is 1.82. The van der Waals surface area contributed by atoms with Crippen molar-refractivity contribution in [1.82, 2.24) is 4.90 Å². The lowest BCUT2D eigenvalue weighted by atomic mass is 9.95. The van der Waals surface area contributed by atoms with Crippen LogP contribution in [0.15, 0.2) is 35.7 Å². The molecule has 110 valence electrons. The third-order valence-electron chi connectivity index (χ3n) is 4.03. The van der Waals surface area contributed by atoms with Crippen molar-refractivity contribution in [2.75, 3.05) is 6.54 Å². The highest BCUT2D eigenvalue weighted by Gasteiger charge is 2.23. The van der Waals surface area contributed by atoms with Gasteiger partial charge in [0, 0.05) is 13.1 Å². The van der Waals surface area contributed by atoms with Gasteiger partial charge in [0.2, 0.25) is 0 Å². The van der Waals surface area contributed by atoms with Gasteiger partial charge in [-0.1, -0.05) is 31.2 Å². The van der Waals surface area contributed by atoms with Crippen LogP contribution in [0.1, 0.15) is 45.8 Å². The van der Waals surface area contributed by atoms with Gasteiger partial charge < -0.3 is 10.0 Å². The molecule has 1 unspecified atom stereocenters. The van der Waals surface area contributed by atoms with Gasteiger partial charge in [0.05, 0.1) is 11.0 Å². The molecule has 1 aliphatic heterocycles. The molecule has 21 heavy (non-hydrogen) atoms. The van der Waals surface area contributed by atoms with E-state index in [-0.39, 0.29) is 5.91 Å². The summed E-state index contributed by atoms with van der Waals surface area (Å²) in [6.45, 7) is 3.37. The van der Waals surface area contributed by atoms with Crippen molar-refractivity contribution < 1.29 is 9.90 Å². The van der Waals surface area contributed by atoms with Crippen LogP contribution in [-0.4, -0.2) is 22.5 Å². The minimum Gasteiger partial charge on any atom is -0.388 e. The maximum Gasteiger partial charge on any atom is 0.264 e. The van der Waals surface area contributed by atoms with Crippen molar-refractivity contribution in [2.24, 2.45) is 0 Å². The van der Waals surface area contributed by atoms with E-state index in [1.807, 2.05) is 35.4 Å². The summed E-state index contributed by atoms with van der Waals surface area (Å²) in [5.74, 6) is 0.108. The minimum atomic E-state index is -0.418. The van der Waals surface area contributed by atoms with E-state index in [9.17, 15) is 9.90 Å². The largest absolute Gasteiger partial charge is 0.388 e. The number of benzene rings is 1. The van der Waals surface area contributed by atoms with Crippen molar-refractivity contribution in [3.8, 4) is 0 Å². The first-order chi connectivity index (χ1) is 10.2. The highest BCUT2D eigenvalue weighted by molar-refractivity contribution is 7.12. The van der Waals surface area contributed by atoms with Crippen molar-refractivity contribution >= 4 is 17.2 Å². The van der Waals surface area contributed by atoms with E-state index in [4.69, 9.17) is 0 Å². The zero-order chi connectivity index (χ0) is 14.8. The average Bonchev–Trinajstić information content (AvgIpc) is 3.06. The Hall–Kier alpha value is -1.65. The molecule has 1 aromatic heterocycles. The number of thiophene rings is 1. The summed E-state index contributed by atoms with van der Waals surface area (Å²) < 4.78 is 0. The second-order valence-electron chi connectivity index (χ2n) is 5.41. The number of carbonyl (C=O) groups is 1. The first-order valence-corrected chi connectivity index (χ1v) is 8.19. The molecule has 1 amide bonds. The van der Waals surface area contributed by atoms with Crippen LogP contribution in [0.25, 0.3) is 0 Å². The molecule has 1 atom stereocenters. The van der Waals surface area contributed by atoms with Gasteiger partial charge in [0.15, 0.2) is 0 Å². The number of hydrogen-bond donors (Lipinski definition) is 1. The number of carbonyl (C=O) groups excluding carboxylic acids is 1. The van der Waals surface area contributed by atoms with Gasteiger partial charge in [0.1, 0.15) is 0 Å².